The molecule has 1 N–H and O–H groups in total. The summed E-state index contributed by atoms with van der Waals surface area (Å²) in [5.41, 5.74) is 0. The van der Waals surface area contributed by atoms with Crippen LogP contribution in [0.25, 0.3) is 0 Å². The molecule has 98 valence electrons. The van der Waals surface area contributed by atoms with Crippen molar-refractivity contribution >= 4 is 5.97 Å². The summed E-state index contributed by atoms with van der Waals surface area (Å²) in [6.45, 7) is 0. The van der Waals surface area contributed by atoms with E-state index in [0.29, 0.717) is 6.42 Å². The molecule has 0 amide bonds. The van der Waals surface area contributed by atoms with Gasteiger partial charge in [0.1, 0.15) is 5.75 Å². The van der Waals surface area contributed by atoms with Gasteiger partial charge in [-0.3, -0.25) is 4.79 Å². The number of aliphatic carboxylic acids is 1. The molecule has 2 atom stereocenters. The average molecular weight is 256 g/mol. The molecule has 0 heterocycles. The van der Waals surface area contributed by atoms with Crippen molar-refractivity contribution in [3.05, 3.63) is 29.8 Å². The summed E-state index contributed by atoms with van der Waals surface area (Å²) in [6, 6.07) is 3.41. The first-order chi connectivity index (χ1) is 8.54. The fraction of sp³-hybridized carbons (Fsp3) is 0.462. The van der Waals surface area contributed by atoms with Crippen LogP contribution in [-0.2, 0) is 4.79 Å². The lowest BCUT2D eigenvalue weighted by molar-refractivity contribution is -0.138. The molecule has 1 aliphatic rings. The standard InChI is InChI=1S/C13H14F2O3/c14-11-4-3-10(7-12(11)15)18-9-2-1-8(5-9)6-13(16)17/h3-4,7-9H,1-2,5-6H2,(H,16,17). The molecule has 1 aliphatic carbocycles. The van der Waals surface area contributed by atoms with Crippen LogP contribution in [0.4, 0.5) is 8.78 Å². The van der Waals surface area contributed by atoms with Crippen molar-refractivity contribution < 1.29 is 23.4 Å². The van der Waals surface area contributed by atoms with Gasteiger partial charge in [0.2, 0.25) is 0 Å². The molecule has 2 rings (SSSR count). The van der Waals surface area contributed by atoms with Gasteiger partial charge in [-0.2, -0.15) is 0 Å². The monoisotopic (exact) mass is 256 g/mol. The zero-order chi connectivity index (χ0) is 13.1. The van der Waals surface area contributed by atoms with Crippen molar-refractivity contribution in [1.82, 2.24) is 0 Å². The first kappa shape index (κ1) is 12.8. The van der Waals surface area contributed by atoms with E-state index in [4.69, 9.17) is 9.84 Å². The Labute approximate surface area is 103 Å². The van der Waals surface area contributed by atoms with Gasteiger partial charge >= 0.3 is 5.97 Å². The lowest BCUT2D eigenvalue weighted by atomic mass is 10.0. The van der Waals surface area contributed by atoms with E-state index >= 15 is 0 Å². The average Bonchev–Trinajstić information content (AvgIpc) is 2.70. The Hall–Kier alpha value is -1.65. The van der Waals surface area contributed by atoms with Gasteiger partial charge in [0, 0.05) is 12.5 Å². The van der Waals surface area contributed by atoms with Gasteiger partial charge in [-0.05, 0) is 37.3 Å². The van der Waals surface area contributed by atoms with E-state index in [1.807, 2.05) is 0 Å². The first-order valence-electron chi connectivity index (χ1n) is 5.88. The van der Waals surface area contributed by atoms with Gasteiger partial charge in [-0.15, -0.1) is 0 Å². The van der Waals surface area contributed by atoms with Gasteiger partial charge < -0.3 is 9.84 Å². The largest absolute Gasteiger partial charge is 0.490 e. The predicted molar refractivity (Wildman–Crippen MR) is 60.4 cm³/mol. The highest BCUT2D eigenvalue weighted by Gasteiger charge is 2.27. The van der Waals surface area contributed by atoms with Gasteiger partial charge in [-0.1, -0.05) is 0 Å². The Kier molecular flexibility index (Phi) is 3.79. The molecule has 0 spiro atoms. The fourth-order valence-corrected chi connectivity index (χ4v) is 2.31. The Bertz CT molecular complexity index is 448. The summed E-state index contributed by atoms with van der Waals surface area (Å²) in [6.07, 6.45) is 2.21. The summed E-state index contributed by atoms with van der Waals surface area (Å²) in [7, 11) is 0. The number of carboxylic acid groups (broad SMARTS) is 1. The van der Waals surface area contributed by atoms with Crippen molar-refractivity contribution in [2.24, 2.45) is 5.92 Å². The molecule has 0 aliphatic heterocycles. The quantitative estimate of drug-likeness (QED) is 0.900. The highest BCUT2D eigenvalue weighted by Crippen LogP contribution is 2.31. The first-order valence-corrected chi connectivity index (χ1v) is 5.88. The molecule has 1 saturated carbocycles. The van der Waals surface area contributed by atoms with Crippen LogP contribution in [0.5, 0.6) is 5.75 Å². The minimum atomic E-state index is -0.937. The molecule has 2 unspecified atom stereocenters. The van der Waals surface area contributed by atoms with Crippen molar-refractivity contribution in [1.29, 1.82) is 0 Å². The Morgan fingerprint density at radius 1 is 1.33 bits per heavy atom. The Morgan fingerprint density at radius 3 is 2.78 bits per heavy atom. The van der Waals surface area contributed by atoms with E-state index in [2.05, 4.69) is 0 Å². The molecule has 1 fully saturated rings. The number of ether oxygens (including phenoxy) is 1. The molecule has 0 aromatic heterocycles. The second-order valence-corrected chi connectivity index (χ2v) is 4.59. The molecule has 0 saturated heterocycles. The number of benzene rings is 1. The van der Waals surface area contributed by atoms with E-state index in [9.17, 15) is 13.6 Å². The van der Waals surface area contributed by atoms with Crippen LogP contribution < -0.4 is 4.74 Å². The second kappa shape index (κ2) is 5.33. The van der Waals surface area contributed by atoms with Crippen LogP contribution in [0.15, 0.2) is 18.2 Å². The van der Waals surface area contributed by atoms with Crippen LogP contribution in [-0.4, -0.2) is 17.2 Å². The predicted octanol–water partition coefficient (Wildman–Crippen LogP) is 2.99. The van der Waals surface area contributed by atoms with Gasteiger partial charge in [-0.25, -0.2) is 8.78 Å². The molecule has 1 aromatic rings. The Morgan fingerprint density at radius 2 is 2.11 bits per heavy atom. The van der Waals surface area contributed by atoms with Gasteiger partial charge in [0.25, 0.3) is 0 Å². The lowest BCUT2D eigenvalue weighted by Gasteiger charge is -2.13. The third-order valence-electron chi connectivity index (χ3n) is 3.15. The number of hydrogen-bond acceptors (Lipinski definition) is 2. The number of hydrogen-bond donors (Lipinski definition) is 1. The molecule has 0 bridgehead atoms. The van der Waals surface area contributed by atoms with Crippen molar-refractivity contribution in [3.8, 4) is 5.75 Å². The van der Waals surface area contributed by atoms with Crippen LogP contribution in [0.2, 0.25) is 0 Å². The maximum absolute atomic E-state index is 13.0. The third-order valence-corrected chi connectivity index (χ3v) is 3.15. The van der Waals surface area contributed by atoms with E-state index < -0.39 is 17.6 Å². The molecule has 0 radical (unpaired) electrons. The van der Waals surface area contributed by atoms with E-state index in [-0.39, 0.29) is 24.2 Å². The zero-order valence-corrected chi connectivity index (χ0v) is 9.73. The number of rotatable bonds is 4. The van der Waals surface area contributed by atoms with Crippen molar-refractivity contribution in [2.75, 3.05) is 0 Å². The van der Waals surface area contributed by atoms with E-state index in [1.165, 1.54) is 6.07 Å². The molecule has 5 heteroatoms. The Balaban J connectivity index is 1.91. The summed E-state index contributed by atoms with van der Waals surface area (Å²) in [4.78, 5) is 10.6. The smallest absolute Gasteiger partial charge is 0.303 e. The fourth-order valence-electron chi connectivity index (χ4n) is 2.31. The number of halogens is 2. The van der Waals surface area contributed by atoms with Crippen LogP contribution in [0.1, 0.15) is 25.7 Å². The maximum Gasteiger partial charge on any atom is 0.303 e. The summed E-state index contributed by atoms with van der Waals surface area (Å²) >= 11 is 0. The van der Waals surface area contributed by atoms with Crippen molar-refractivity contribution in [2.45, 2.75) is 31.8 Å². The lowest BCUT2D eigenvalue weighted by Crippen LogP contribution is -2.13. The van der Waals surface area contributed by atoms with Gasteiger partial charge in [0.05, 0.1) is 6.10 Å². The number of carbonyl (C=O) groups is 1. The topological polar surface area (TPSA) is 46.5 Å². The molecule has 3 nitrogen and oxygen atoms in total. The highest BCUT2D eigenvalue weighted by atomic mass is 19.2. The molecule has 1 aromatic carbocycles. The van der Waals surface area contributed by atoms with Crippen molar-refractivity contribution in [3.63, 3.8) is 0 Å². The summed E-state index contributed by atoms with van der Waals surface area (Å²) in [5.74, 6) is -2.26. The summed E-state index contributed by atoms with van der Waals surface area (Å²) in [5, 5.41) is 8.68. The normalized spacial score (nSPS) is 23.0. The zero-order valence-electron chi connectivity index (χ0n) is 9.73. The molecule has 18 heavy (non-hydrogen) atoms. The second-order valence-electron chi connectivity index (χ2n) is 4.59. The minimum Gasteiger partial charge on any atom is -0.490 e. The van der Waals surface area contributed by atoms with E-state index in [1.54, 1.807) is 0 Å². The molecular formula is C13H14F2O3. The SMILES string of the molecule is O=C(O)CC1CCC(Oc2ccc(F)c(F)c2)C1. The van der Waals surface area contributed by atoms with Crippen LogP contribution in [0.3, 0.4) is 0 Å². The number of carboxylic acids is 1. The van der Waals surface area contributed by atoms with Crippen LogP contribution >= 0.6 is 0 Å². The van der Waals surface area contributed by atoms with Crippen LogP contribution in [0, 0.1) is 17.6 Å². The minimum absolute atomic E-state index is 0.109. The summed E-state index contributed by atoms with van der Waals surface area (Å²) < 4.78 is 31.2. The third kappa shape index (κ3) is 3.18. The molecular weight excluding hydrogens is 242 g/mol. The van der Waals surface area contributed by atoms with E-state index in [0.717, 1.165) is 25.0 Å². The highest BCUT2D eigenvalue weighted by molar-refractivity contribution is 5.67. The maximum atomic E-state index is 13.0. The van der Waals surface area contributed by atoms with Gasteiger partial charge in [0.15, 0.2) is 11.6 Å².